The molecule has 0 aliphatic carbocycles. The predicted molar refractivity (Wildman–Crippen MR) is 41.3 cm³/mol. The van der Waals surface area contributed by atoms with Gasteiger partial charge >= 0.3 is 0 Å². The van der Waals surface area contributed by atoms with Crippen molar-refractivity contribution in [3.05, 3.63) is 34.7 Å². The monoisotopic (exact) mass is 155 g/mol. The van der Waals surface area contributed by atoms with Crippen LogP contribution < -0.4 is 5.43 Å². The normalized spacial score (nSPS) is 9.91. The summed E-state index contributed by atoms with van der Waals surface area (Å²) in [5.74, 6) is 0. The minimum absolute atomic E-state index is 0.0125. The van der Waals surface area contributed by atoms with E-state index in [2.05, 4.69) is 0 Å². The van der Waals surface area contributed by atoms with Gasteiger partial charge in [0.25, 0.3) is 0 Å². The fourth-order valence-electron chi connectivity index (χ4n) is 0.835. The molecule has 1 aromatic rings. The van der Waals surface area contributed by atoms with E-state index in [4.69, 9.17) is 0 Å². The van der Waals surface area contributed by atoms with Crippen molar-refractivity contribution in [1.29, 1.82) is 0 Å². The van der Waals surface area contributed by atoms with Crippen molar-refractivity contribution in [2.45, 2.75) is 13.0 Å². The van der Waals surface area contributed by atoms with Crippen LogP contribution >= 0.6 is 0 Å². The molecule has 11 heavy (non-hydrogen) atoms. The van der Waals surface area contributed by atoms with Gasteiger partial charge in [-0.25, -0.2) is 0 Å². The van der Waals surface area contributed by atoms with E-state index >= 15 is 0 Å². The Morgan fingerprint density at radius 1 is 1.36 bits per heavy atom. The summed E-state index contributed by atoms with van der Waals surface area (Å²) in [4.78, 5) is 10.6. The SMILES string of the molecule is O=c1ccn(CCCF)cc1. The van der Waals surface area contributed by atoms with E-state index < -0.39 is 0 Å². The van der Waals surface area contributed by atoms with Crippen molar-refractivity contribution in [3.8, 4) is 0 Å². The molecule has 2 nitrogen and oxygen atoms in total. The minimum Gasteiger partial charge on any atom is -0.354 e. The van der Waals surface area contributed by atoms with Crippen molar-refractivity contribution in [2.75, 3.05) is 6.67 Å². The Bertz CT molecular complexity index is 249. The first-order chi connectivity index (χ1) is 5.33. The van der Waals surface area contributed by atoms with Crippen LogP contribution in [0.15, 0.2) is 29.3 Å². The Morgan fingerprint density at radius 2 is 2.00 bits per heavy atom. The molecule has 1 heterocycles. The van der Waals surface area contributed by atoms with E-state index in [0.717, 1.165) is 0 Å². The topological polar surface area (TPSA) is 22.0 Å². The number of aryl methyl sites for hydroxylation is 1. The Morgan fingerprint density at radius 3 is 2.55 bits per heavy atom. The molecule has 60 valence electrons. The van der Waals surface area contributed by atoms with Crippen LogP contribution in [0.2, 0.25) is 0 Å². The van der Waals surface area contributed by atoms with Gasteiger partial charge in [-0.3, -0.25) is 9.18 Å². The Balaban J connectivity index is 2.59. The van der Waals surface area contributed by atoms with Gasteiger partial charge in [0, 0.05) is 31.1 Å². The highest BCUT2D eigenvalue weighted by atomic mass is 19.1. The van der Waals surface area contributed by atoms with E-state index in [1.54, 1.807) is 17.0 Å². The molecule has 0 amide bonds. The highest BCUT2D eigenvalue weighted by Crippen LogP contribution is 1.89. The van der Waals surface area contributed by atoms with E-state index in [1.165, 1.54) is 12.1 Å². The summed E-state index contributed by atoms with van der Waals surface area (Å²) in [6.07, 6.45) is 3.83. The molecule has 0 saturated heterocycles. The second-order valence-electron chi connectivity index (χ2n) is 2.31. The zero-order chi connectivity index (χ0) is 8.10. The molecule has 0 saturated carbocycles. The van der Waals surface area contributed by atoms with Gasteiger partial charge in [0.05, 0.1) is 6.67 Å². The third-order valence-corrected chi connectivity index (χ3v) is 1.41. The maximum Gasteiger partial charge on any atom is 0.181 e. The summed E-state index contributed by atoms with van der Waals surface area (Å²) < 4.78 is 13.5. The smallest absolute Gasteiger partial charge is 0.181 e. The molecule has 0 atom stereocenters. The Kier molecular flexibility index (Phi) is 2.83. The van der Waals surface area contributed by atoms with Crippen LogP contribution in [-0.2, 0) is 6.54 Å². The minimum atomic E-state index is -0.313. The highest BCUT2D eigenvalue weighted by molar-refractivity contribution is 4.93. The van der Waals surface area contributed by atoms with Crippen LogP contribution in [0.4, 0.5) is 4.39 Å². The molecule has 0 aromatic carbocycles. The van der Waals surface area contributed by atoms with Crippen LogP contribution in [0.5, 0.6) is 0 Å². The van der Waals surface area contributed by atoms with Gasteiger partial charge in [0.2, 0.25) is 0 Å². The molecule has 0 radical (unpaired) electrons. The molecule has 1 aromatic heterocycles. The summed E-state index contributed by atoms with van der Waals surface area (Å²) in [5, 5.41) is 0. The van der Waals surface area contributed by atoms with Crippen molar-refractivity contribution >= 4 is 0 Å². The van der Waals surface area contributed by atoms with E-state index in [1.807, 2.05) is 0 Å². The summed E-state index contributed by atoms with van der Waals surface area (Å²) in [6.45, 7) is 0.322. The standard InChI is InChI=1S/C8H10FNO/c9-4-1-5-10-6-2-8(11)3-7-10/h2-3,6-7H,1,4-5H2. The average Bonchev–Trinajstić information content (AvgIpc) is 2.04. The molecule has 3 heteroatoms. The molecule has 0 aliphatic rings. The van der Waals surface area contributed by atoms with Crippen molar-refractivity contribution < 1.29 is 4.39 Å². The number of aromatic nitrogens is 1. The van der Waals surface area contributed by atoms with E-state index in [9.17, 15) is 9.18 Å². The van der Waals surface area contributed by atoms with E-state index in [0.29, 0.717) is 13.0 Å². The van der Waals surface area contributed by atoms with Crippen molar-refractivity contribution in [3.63, 3.8) is 0 Å². The maximum atomic E-state index is 11.7. The lowest BCUT2D eigenvalue weighted by atomic mass is 10.4. The lowest BCUT2D eigenvalue weighted by Gasteiger charge is -2.01. The molecule has 0 N–H and O–H groups in total. The third kappa shape index (κ3) is 2.53. The quantitative estimate of drug-likeness (QED) is 0.643. The van der Waals surface area contributed by atoms with Gasteiger partial charge in [-0.05, 0) is 6.42 Å². The number of halogens is 1. The van der Waals surface area contributed by atoms with Crippen LogP contribution in [0, 0.1) is 0 Å². The lowest BCUT2D eigenvalue weighted by Crippen LogP contribution is -2.03. The molecule has 0 spiro atoms. The first-order valence-corrected chi connectivity index (χ1v) is 3.55. The average molecular weight is 155 g/mol. The molecule has 0 aliphatic heterocycles. The summed E-state index contributed by atoms with van der Waals surface area (Å²) in [6, 6.07) is 2.94. The largest absolute Gasteiger partial charge is 0.354 e. The maximum absolute atomic E-state index is 11.7. The van der Waals surface area contributed by atoms with Gasteiger partial charge in [0.15, 0.2) is 5.43 Å². The number of hydrogen-bond acceptors (Lipinski definition) is 1. The number of nitrogens with zero attached hydrogens (tertiary/aromatic N) is 1. The molecule has 0 bridgehead atoms. The van der Waals surface area contributed by atoms with Crippen LogP contribution in [0.3, 0.4) is 0 Å². The zero-order valence-electron chi connectivity index (χ0n) is 6.16. The number of alkyl halides is 1. The summed E-state index contributed by atoms with van der Waals surface area (Å²) in [5.41, 5.74) is -0.0125. The van der Waals surface area contributed by atoms with Gasteiger partial charge in [-0.1, -0.05) is 0 Å². The van der Waals surface area contributed by atoms with Crippen LogP contribution in [0.25, 0.3) is 0 Å². The van der Waals surface area contributed by atoms with Crippen LogP contribution in [-0.4, -0.2) is 11.2 Å². The van der Waals surface area contributed by atoms with Crippen molar-refractivity contribution in [1.82, 2.24) is 4.57 Å². The van der Waals surface area contributed by atoms with Gasteiger partial charge in [0.1, 0.15) is 0 Å². The summed E-state index contributed by atoms with van der Waals surface area (Å²) in [7, 11) is 0. The molecular formula is C8H10FNO. The molecule has 0 fully saturated rings. The first kappa shape index (κ1) is 7.98. The fourth-order valence-corrected chi connectivity index (χ4v) is 0.835. The molecule has 1 rings (SSSR count). The fraction of sp³-hybridized carbons (Fsp3) is 0.375. The molecule has 0 unspecified atom stereocenters. The second kappa shape index (κ2) is 3.91. The summed E-state index contributed by atoms with van der Waals surface area (Å²) >= 11 is 0. The van der Waals surface area contributed by atoms with E-state index in [-0.39, 0.29) is 12.1 Å². The lowest BCUT2D eigenvalue weighted by molar-refractivity contribution is 0.446. The molecular weight excluding hydrogens is 145 g/mol. The third-order valence-electron chi connectivity index (χ3n) is 1.41. The predicted octanol–water partition coefficient (Wildman–Crippen LogP) is 1.21. The highest BCUT2D eigenvalue weighted by Gasteiger charge is 1.87. The van der Waals surface area contributed by atoms with Crippen molar-refractivity contribution in [2.24, 2.45) is 0 Å². The van der Waals surface area contributed by atoms with Gasteiger partial charge in [-0.2, -0.15) is 0 Å². The number of hydrogen-bond donors (Lipinski definition) is 0. The second-order valence-corrected chi connectivity index (χ2v) is 2.31. The number of pyridine rings is 1. The zero-order valence-corrected chi connectivity index (χ0v) is 6.16. The van der Waals surface area contributed by atoms with Gasteiger partial charge < -0.3 is 4.57 Å². The first-order valence-electron chi connectivity index (χ1n) is 3.55. The Hall–Kier alpha value is -1.12. The van der Waals surface area contributed by atoms with Crippen LogP contribution in [0.1, 0.15) is 6.42 Å². The number of rotatable bonds is 3. The van der Waals surface area contributed by atoms with Gasteiger partial charge in [-0.15, -0.1) is 0 Å². The Labute approximate surface area is 64.3 Å².